The van der Waals surface area contributed by atoms with Gasteiger partial charge in [0.1, 0.15) is 13.6 Å². The van der Waals surface area contributed by atoms with E-state index in [-0.39, 0.29) is 0 Å². The summed E-state index contributed by atoms with van der Waals surface area (Å²) in [7, 11) is -0.942. The van der Waals surface area contributed by atoms with Crippen LogP contribution in [0.2, 0.25) is 0 Å². The van der Waals surface area contributed by atoms with E-state index in [2.05, 4.69) is 182 Å². The molecule has 0 aliphatic carbocycles. The van der Waals surface area contributed by atoms with Crippen LogP contribution in [-0.4, -0.2) is 8.85 Å². The van der Waals surface area contributed by atoms with E-state index in [0.717, 1.165) is 0 Å². The molecular weight excluding hydrogens is 522 g/mol. The summed E-state index contributed by atoms with van der Waals surface area (Å²) in [6.45, 7) is -3.97. The lowest BCUT2D eigenvalue weighted by Gasteiger charge is -2.34. The van der Waals surface area contributed by atoms with Crippen molar-refractivity contribution in [3.63, 3.8) is 0 Å². The molecule has 0 aliphatic heterocycles. The molecule has 188 valence electrons. The molecule has 3 heteroatoms. The third-order valence-electron chi connectivity index (χ3n) is 7.61. The van der Waals surface area contributed by atoms with Gasteiger partial charge in [0.05, 0.1) is 31.8 Å². The molecule has 0 radical (unpaired) electrons. The molecule has 0 amide bonds. The van der Waals surface area contributed by atoms with Gasteiger partial charge in [-0.2, -0.15) is 0 Å². The number of benzene rings is 6. The number of hydrogen-bond donors (Lipinski definition) is 0. The molecule has 0 heterocycles. The van der Waals surface area contributed by atoms with Gasteiger partial charge in [0.2, 0.25) is 0 Å². The van der Waals surface area contributed by atoms with Crippen LogP contribution >= 0.6 is 13.6 Å². The van der Waals surface area contributed by atoms with Gasteiger partial charge in [-0.1, -0.05) is 109 Å². The highest BCUT2D eigenvalue weighted by Gasteiger charge is 2.60. The van der Waals surface area contributed by atoms with Gasteiger partial charge < -0.3 is 0 Å². The molecule has 0 aromatic heterocycles. The Hall–Kier alpha value is -3.60. The monoisotopic (exact) mass is 554 g/mol. The van der Waals surface area contributed by atoms with Crippen molar-refractivity contribution in [2.45, 2.75) is 0 Å². The molecule has 39 heavy (non-hydrogen) atoms. The molecule has 0 unspecified atom stereocenters. The average Bonchev–Trinajstić information content (AvgIpc) is 3.04. The molecule has 0 atom stereocenters. The zero-order valence-electron chi connectivity index (χ0n) is 21.9. The smallest absolute Gasteiger partial charge is 0.0620 e. The van der Waals surface area contributed by atoms with Gasteiger partial charge in [-0.25, -0.2) is 0 Å². The minimum absolute atomic E-state index is 0.942. The van der Waals surface area contributed by atoms with Crippen LogP contribution in [0.15, 0.2) is 182 Å². The van der Waals surface area contributed by atoms with E-state index in [4.69, 9.17) is 0 Å². The molecule has 0 bridgehead atoms. The molecule has 0 saturated carbocycles. The lowest BCUT2D eigenvalue weighted by molar-refractivity contribution is 1.73. The quantitative estimate of drug-likeness (QED) is 0.161. The van der Waals surface area contributed by atoms with E-state index in [1.807, 2.05) is 0 Å². The van der Waals surface area contributed by atoms with E-state index >= 15 is 0 Å². The number of hydrogen-bond acceptors (Lipinski definition) is 0. The van der Waals surface area contributed by atoms with Gasteiger partial charge in [-0.05, 0) is 72.8 Å². The third kappa shape index (κ3) is 4.84. The maximum absolute atomic E-state index is 2.40. The highest BCUT2D eigenvalue weighted by Crippen LogP contribution is 2.68. The van der Waals surface area contributed by atoms with Gasteiger partial charge in [0.25, 0.3) is 0 Å². The van der Waals surface area contributed by atoms with Crippen LogP contribution < -0.4 is 31.8 Å². The van der Waals surface area contributed by atoms with Crippen molar-refractivity contribution in [3.05, 3.63) is 182 Å². The van der Waals surface area contributed by atoms with Crippen LogP contribution in [0, 0.1) is 0 Å². The van der Waals surface area contributed by atoms with E-state index < -0.39 is 22.5 Å². The van der Waals surface area contributed by atoms with Gasteiger partial charge in [0, 0.05) is 0 Å². The molecule has 0 N–H and O–H groups in total. The Morgan fingerprint density at radius 3 is 0.538 bits per heavy atom. The predicted molar refractivity (Wildman–Crippen MR) is 179 cm³/mol. The summed E-state index contributed by atoms with van der Waals surface area (Å²) < 4.78 is 0. The van der Waals surface area contributed by atoms with Crippen molar-refractivity contribution >= 4 is 54.3 Å². The second-order valence-electron chi connectivity index (χ2n) is 9.77. The average molecular weight is 555 g/mol. The molecule has 0 fully saturated rings. The van der Waals surface area contributed by atoms with E-state index in [1.165, 1.54) is 31.8 Å². The highest BCUT2D eigenvalue weighted by molar-refractivity contribution is 8.41. The molecule has 6 aromatic carbocycles. The van der Waals surface area contributed by atoms with Crippen LogP contribution in [0.25, 0.3) is 0 Å². The lowest BCUT2D eigenvalue weighted by atomic mass is 10.4. The largest absolute Gasteiger partial charge is 0.399 e. The minimum Gasteiger partial charge on any atom is -0.0620 e. The van der Waals surface area contributed by atoms with Crippen LogP contribution in [0.3, 0.4) is 0 Å². The summed E-state index contributed by atoms with van der Waals surface area (Å²) in [6, 6.07) is 68.5. The van der Waals surface area contributed by atoms with Crippen LogP contribution in [0.5, 0.6) is 0 Å². The molecule has 0 spiro atoms. The first-order valence-electron chi connectivity index (χ1n) is 13.4. The fourth-order valence-electron chi connectivity index (χ4n) is 5.80. The first-order chi connectivity index (χ1) is 19.3. The third-order valence-corrected chi connectivity index (χ3v) is 32.3. The minimum atomic E-state index is -1.98. The Bertz CT molecular complexity index is 1270. The molecule has 6 rings (SSSR count). The Balaban J connectivity index is 1.76. The Morgan fingerprint density at radius 1 is 0.231 bits per heavy atom. The van der Waals surface area contributed by atoms with Crippen molar-refractivity contribution in [1.82, 2.24) is 0 Å². The molecule has 0 saturated heterocycles. The summed E-state index contributed by atoms with van der Waals surface area (Å²) >= 11 is 0. The van der Waals surface area contributed by atoms with Gasteiger partial charge in [0.15, 0.2) is 0 Å². The van der Waals surface area contributed by atoms with E-state index in [1.54, 1.807) is 0 Å². The highest BCUT2D eigenvalue weighted by atomic mass is 31.7. The van der Waals surface area contributed by atoms with Crippen LogP contribution in [0.1, 0.15) is 0 Å². The zero-order valence-corrected chi connectivity index (χ0v) is 25.1. The molecular formula is C36H32P2Si+2. The second kappa shape index (κ2) is 11.6. The second-order valence-corrected chi connectivity index (χ2v) is 25.5. The van der Waals surface area contributed by atoms with Crippen LogP contribution in [0.4, 0.5) is 0 Å². The molecule has 0 aliphatic rings. The molecule has 6 aromatic rings. The van der Waals surface area contributed by atoms with Gasteiger partial charge in [-0.3, -0.25) is 0 Å². The lowest BCUT2D eigenvalue weighted by Crippen LogP contribution is -2.43. The van der Waals surface area contributed by atoms with E-state index in [0.29, 0.717) is 0 Å². The van der Waals surface area contributed by atoms with Crippen molar-refractivity contribution in [2.75, 3.05) is 0 Å². The van der Waals surface area contributed by atoms with Crippen LogP contribution in [-0.2, 0) is 0 Å². The summed E-state index contributed by atoms with van der Waals surface area (Å²) in [5, 5.41) is 8.92. The summed E-state index contributed by atoms with van der Waals surface area (Å²) in [5.41, 5.74) is 0. The van der Waals surface area contributed by atoms with Gasteiger partial charge >= 0.3 is 8.85 Å². The van der Waals surface area contributed by atoms with Crippen molar-refractivity contribution in [1.29, 1.82) is 0 Å². The first-order valence-corrected chi connectivity index (χ1v) is 21.2. The maximum Gasteiger partial charge on any atom is 0.399 e. The zero-order chi connectivity index (χ0) is 26.4. The SMILES string of the molecule is c1ccc([P+]([SiH2][P+](c2ccccc2)(c2ccccc2)c2ccccc2)(c2ccccc2)c2ccccc2)cc1. The molecule has 0 nitrogen and oxygen atoms in total. The van der Waals surface area contributed by atoms with E-state index in [9.17, 15) is 0 Å². The summed E-state index contributed by atoms with van der Waals surface area (Å²) in [6.07, 6.45) is 0. The topological polar surface area (TPSA) is 0 Å². The Kier molecular flexibility index (Phi) is 7.66. The predicted octanol–water partition coefficient (Wildman–Crippen LogP) is 5.97. The fraction of sp³-hybridized carbons (Fsp3) is 0. The summed E-state index contributed by atoms with van der Waals surface area (Å²) in [4.78, 5) is 0. The van der Waals surface area contributed by atoms with Crippen molar-refractivity contribution < 1.29 is 0 Å². The van der Waals surface area contributed by atoms with Gasteiger partial charge in [-0.15, -0.1) is 0 Å². The number of rotatable bonds is 8. The Morgan fingerprint density at radius 2 is 0.385 bits per heavy atom. The standard InChI is InChI=1S/C36H32P2Si/c1-7-19-31(20-8-1)37(32-21-9-2-10-22-32,33-23-11-3-12-24-33)39-38(34-25-13-4-14-26-34,35-27-15-5-16-28-35)36-29-17-6-18-30-36/h1-30H,39H2/q+2. The fourth-order valence-corrected chi connectivity index (χ4v) is 36.5. The summed E-state index contributed by atoms with van der Waals surface area (Å²) in [5.74, 6) is 0. The Labute approximate surface area is 235 Å². The first kappa shape index (κ1) is 25.7. The normalized spacial score (nSPS) is 11.7. The van der Waals surface area contributed by atoms with Crippen molar-refractivity contribution in [3.8, 4) is 0 Å². The van der Waals surface area contributed by atoms with Crippen molar-refractivity contribution in [2.24, 2.45) is 0 Å². The maximum atomic E-state index is 2.40.